The molecule has 0 spiro atoms. The van der Waals surface area contributed by atoms with E-state index >= 15 is 0 Å². The lowest BCUT2D eigenvalue weighted by Crippen LogP contribution is -2.25. The molecule has 0 aromatic heterocycles. The van der Waals surface area contributed by atoms with Gasteiger partial charge in [-0.1, -0.05) is 30.3 Å². The summed E-state index contributed by atoms with van der Waals surface area (Å²) in [6.45, 7) is 0. The molecule has 8 heteroatoms. The highest BCUT2D eigenvalue weighted by molar-refractivity contribution is 7.90. The SMILES string of the molecule is CN(N=C1C(=O)Nc2ccccc21)C1=NS(=O)(=O)c2ccccc21. The summed E-state index contributed by atoms with van der Waals surface area (Å²) in [4.78, 5) is 12.3. The Morgan fingerprint density at radius 3 is 2.50 bits per heavy atom. The van der Waals surface area contributed by atoms with Crippen LogP contribution in [0, 0.1) is 0 Å². The molecule has 1 N–H and O–H groups in total. The van der Waals surface area contributed by atoms with Crippen molar-refractivity contribution in [3.8, 4) is 0 Å². The number of amides is 1. The van der Waals surface area contributed by atoms with E-state index in [0.717, 1.165) is 0 Å². The average Bonchev–Trinajstić information content (AvgIpc) is 3.03. The van der Waals surface area contributed by atoms with Crippen molar-refractivity contribution in [2.75, 3.05) is 12.4 Å². The number of sulfonamides is 1. The number of nitrogens with one attached hydrogen (secondary N) is 1. The first-order valence-electron chi connectivity index (χ1n) is 7.15. The fraction of sp³-hybridized carbons (Fsp3) is 0.0625. The lowest BCUT2D eigenvalue weighted by molar-refractivity contribution is -0.110. The van der Waals surface area contributed by atoms with Crippen LogP contribution in [0.4, 0.5) is 5.69 Å². The summed E-state index contributed by atoms with van der Waals surface area (Å²) < 4.78 is 28.0. The van der Waals surface area contributed by atoms with Gasteiger partial charge in [0, 0.05) is 18.2 Å². The number of amidine groups is 1. The summed E-state index contributed by atoms with van der Waals surface area (Å²) in [5.74, 6) is -0.145. The van der Waals surface area contributed by atoms with Crippen LogP contribution in [0.5, 0.6) is 0 Å². The van der Waals surface area contributed by atoms with E-state index in [1.807, 2.05) is 12.1 Å². The summed E-state index contributed by atoms with van der Waals surface area (Å²) in [5.41, 5.74) is 2.04. The van der Waals surface area contributed by atoms with Gasteiger partial charge in [0.15, 0.2) is 11.5 Å². The molecule has 4 rings (SSSR count). The van der Waals surface area contributed by atoms with Crippen LogP contribution < -0.4 is 5.32 Å². The van der Waals surface area contributed by atoms with Gasteiger partial charge < -0.3 is 5.32 Å². The number of hydrogen-bond donors (Lipinski definition) is 1. The molecule has 0 saturated carbocycles. The van der Waals surface area contributed by atoms with Gasteiger partial charge in [0.25, 0.3) is 15.9 Å². The number of rotatable bonds is 1. The largest absolute Gasteiger partial charge is 0.320 e. The molecular weight excluding hydrogens is 328 g/mol. The third-order valence-corrected chi connectivity index (χ3v) is 5.14. The first kappa shape index (κ1) is 14.6. The maximum atomic E-state index is 12.1. The van der Waals surface area contributed by atoms with Crippen molar-refractivity contribution < 1.29 is 13.2 Å². The average molecular weight is 340 g/mol. The number of hydrazone groups is 1. The Balaban J connectivity index is 1.79. The van der Waals surface area contributed by atoms with Crippen LogP contribution in [0.2, 0.25) is 0 Å². The molecule has 2 aliphatic heterocycles. The Hall–Kier alpha value is -3.00. The van der Waals surface area contributed by atoms with Gasteiger partial charge in [0.1, 0.15) is 4.90 Å². The van der Waals surface area contributed by atoms with Gasteiger partial charge >= 0.3 is 0 Å². The highest BCUT2D eigenvalue weighted by Gasteiger charge is 2.32. The molecule has 120 valence electrons. The molecular formula is C16H12N4O3S. The van der Waals surface area contributed by atoms with Crippen molar-refractivity contribution >= 4 is 33.2 Å². The maximum Gasteiger partial charge on any atom is 0.285 e. The van der Waals surface area contributed by atoms with Crippen LogP contribution in [0.15, 0.2) is 62.9 Å². The monoisotopic (exact) mass is 340 g/mol. The maximum absolute atomic E-state index is 12.1. The molecule has 0 fully saturated rings. The molecule has 2 heterocycles. The second-order valence-electron chi connectivity index (χ2n) is 5.36. The quantitative estimate of drug-likeness (QED) is 0.795. The van der Waals surface area contributed by atoms with Crippen molar-refractivity contribution in [3.05, 3.63) is 59.7 Å². The third kappa shape index (κ3) is 2.11. The number of benzene rings is 2. The molecule has 0 radical (unpaired) electrons. The Bertz CT molecular complexity index is 1040. The van der Waals surface area contributed by atoms with Crippen LogP contribution in [0.1, 0.15) is 11.1 Å². The minimum atomic E-state index is -3.73. The van der Waals surface area contributed by atoms with E-state index in [-0.39, 0.29) is 22.3 Å². The van der Waals surface area contributed by atoms with Gasteiger partial charge in [-0.2, -0.15) is 13.5 Å². The molecule has 24 heavy (non-hydrogen) atoms. The predicted molar refractivity (Wildman–Crippen MR) is 89.5 cm³/mol. The molecule has 0 aliphatic carbocycles. The van der Waals surface area contributed by atoms with Crippen LogP contribution in [0.25, 0.3) is 0 Å². The van der Waals surface area contributed by atoms with Crippen LogP contribution in [-0.2, 0) is 14.8 Å². The van der Waals surface area contributed by atoms with Crippen LogP contribution >= 0.6 is 0 Å². The summed E-state index contributed by atoms with van der Waals surface area (Å²) in [6.07, 6.45) is 0. The third-order valence-electron chi connectivity index (χ3n) is 3.81. The fourth-order valence-electron chi connectivity index (χ4n) is 2.72. The van der Waals surface area contributed by atoms with Crippen LogP contribution in [-0.4, -0.2) is 37.9 Å². The lowest BCUT2D eigenvalue weighted by Gasteiger charge is -2.13. The Morgan fingerprint density at radius 2 is 1.71 bits per heavy atom. The second kappa shape index (κ2) is 5.00. The van der Waals surface area contributed by atoms with Gasteiger partial charge in [-0.15, -0.1) is 4.40 Å². The minimum Gasteiger partial charge on any atom is -0.320 e. The summed E-state index contributed by atoms with van der Waals surface area (Å²) in [6, 6.07) is 13.7. The molecule has 0 saturated heterocycles. The molecule has 0 bridgehead atoms. The zero-order valence-corrected chi connectivity index (χ0v) is 13.4. The number of carbonyl (C=O) groups excluding carboxylic acids is 1. The Kier molecular flexibility index (Phi) is 3.04. The predicted octanol–water partition coefficient (Wildman–Crippen LogP) is 1.42. The van der Waals surface area contributed by atoms with Gasteiger partial charge in [0.05, 0.1) is 5.69 Å². The smallest absolute Gasteiger partial charge is 0.285 e. The van der Waals surface area contributed by atoms with Gasteiger partial charge in [-0.3, -0.25) is 4.79 Å². The molecule has 1 amide bonds. The van der Waals surface area contributed by atoms with Gasteiger partial charge in [0.2, 0.25) is 0 Å². The van der Waals surface area contributed by atoms with Gasteiger partial charge in [-0.05, 0) is 18.2 Å². The normalized spacial score (nSPS) is 18.8. The van der Waals surface area contributed by atoms with E-state index in [1.54, 1.807) is 37.4 Å². The van der Waals surface area contributed by atoms with E-state index in [4.69, 9.17) is 0 Å². The first-order valence-corrected chi connectivity index (χ1v) is 8.59. The second-order valence-corrected chi connectivity index (χ2v) is 6.93. The molecule has 2 aromatic carbocycles. The van der Waals surface area contributed by atoms with Crippen LogP contribution in [0.3, 0.4) is 0 Å². The Labute approximate surface area is 138 Å². The number of para-hydroxylation sites is 1. The van der Waals surface area contributed by atoms with E-state index < -0.39 is 10.0 Å². The topological polar surface area (TPSA) is 91.2 Å². The Morgan fingerprint density at radius 1 is 1.04 bits per heavy atom. The highest BCUT2D eigenvalue weighted by atomic mass is 32.2. The first-order chi connectivity index (χ1) is 11.5. The standard InChI is InChI=1S/C16H12N4O3S/c1-20(15-11-7-3-5-9-13(11)24(22,23)19-15)18-14-10-6-2-4-8-12(10)17-16(14)21/h2-9H,1H3,(H,17,18,21). The lowest BCUT2D eigenvalue weighted by atomic mass is 10.1. The number of fused-ring (bicyclic) bond motifs is 2. The molecule has 7 nitrogen and oxygen atoms in total. The van der Waals surface area contributed by atoms with Crippen molar-refractivity contribution in [1.82, 2.24) is 5.01 Å². The van der Waals surface area contributed by atoms with Crippen molar-refractivity contribution in [2.24, 2.45) is 9.50 Å². The van der Waals surface area contributed by atoms with E-state index in [2.05, 4.69) is 14.8 Å². The molecule has 2 aromatic rings. The fourth-order valence-corrected chi connectivity index (χ4v) is 3.95. The number of anilines is 1. The highest BCUT2D eigenvalue weighted by Crippen LogP contribution is 2.28. The van der Waals surface area contributed by atoms with Crippen molar-refractivity contribution in [1.29, 1.82) is 0 Å². The number of nitrogens with zero attached hydrogens (tertiary/aromatic N) is 3. The van der Waals surface area contributed by atoms with Crippen molar-refractivity contribution in [2.45, 2.75) is 4.90 Å². The number of hydrogen-bond acceptors (Lipinski definition) is 5. The van der Waals surface area contributed by atoms with E-state index in [0.29, 0.717) is 16.8 Å². The molecule has 2 aliphatic rings. The molecule has 0 atom stereocenters. The zero-order chi connectivity index (χ0) is 16.9. The van der Waals surface area contributed by atoms with Gasteiger partial charge in [-0.25, -0.2) is 5.01 Å². The van der Waals surface area contributed by atoms with Crippen molar-refractivity contribution in [3.63, 3.8) is 0 Å². The minimum absolute atomic E-state index is 0.142. The summed E-state index contributed by atoms with van der Waals surface area (Å²) in [5, 5.41) is 8.33. The van der Waals surface area contributed by atoms with E-state index in [9.17, 15) is 13.2 Å². The molecule has 0 unspecified atom stereocenters. The summed E-state index contributed by atoms with van der Waals surface area (Å²) in [7, 11) is -2.16. The summed E-state index contributed by atoms with van der Waals surface area (Å²) >= 11 is 0. The van der Waals surface area contributed by atoms with E-state index in [1.165, 1.54) is 11.1 Å². The number of carbonyl (C=O) groups is 1. The zero-order valence-electron chi connectivity index (χ0n) is 12.6.